The average Bonchev–Trinajstić information content (AvgIpc) is 2.48. The van der Waals surface area contributed by atoms with E-state index in [1.807, 2.05) is 43.4 Å². The Kier molecular flexibility index (Phi) is 5.17. The predicted octanol–water partition coefficient (Wildman–Crippen LogP) is 2.80. The van der Waals surface area contributed by atoms with Gasteiger partial charge in [0.2, 0.25) is 0 Å². The number of pyridine rings is 1. The molecule has 2 rings (SSSR count). The van der Waals surface area contributed by atoms with Crippen LogP contribution in [-0.2, 0) is 6.54 Å². The molecular formula is C17H22N2O2. The SMILES string of the molecule is CNCc1ccc(-c2cccc(OCC(C)C)c2)[nH]c1=O. The number of benzene rings is 1. The van der Waals surface area contributed by atoms with Crippen LogP contribution in [0.1, 0.15) is 19.4 Å². The van der Waals surface area contributed by atoms with Crippen LogP contribution in [-0.4, -0.2) is 18.6 Å². The Hall–Kier alpha value is -2.07. The number of rotatable bonds is 6. The van der Waals surface area contributed by atoms with Gasteiger partial charge >= 0.3 is 0 Å². The first-order valence-corrected chi connectivity index (χ1v) is 7.20. The van der Waals surface area contributed by atoms with Crippen LogP contribution < -0.4 is 15.6 Å². The maximum atomic E-state index is 12.0. The summed E-state index contributed by atoms with van der Waals surface area (Å²) in [6.45, 7) is 5.47. The molecule has 0 aliphatic rings. The van der Waals surface area contributed by atoms with Crippen LogP contribution in [0.5, 0.6) is 5.75 Å². The lowest BCUT2D eigenvalue weighted by Crippen LogP contribution is -2.18. The van der Waals surface area contributed by atoms with Crippen molar-refractivity contribution >= 4 is 0 Å². The molecule has 0 amide bonds. The van der Waals surface area contributed by atoms with E-state index in [0.29, 0.717) is 19.1 Å². The van der Waals surface area contributed by atoms with Crippen LogP contribution in [0.25, 0.3) is 11.3 Å². The quantitative estimate of drug-likeness (QED) is 0.858. The maximum absolute atomic E-state index is 12.0. The van der Waals surface area contributed by atoms with Crippen molar-refractivity contribution in [3.05, 3.63) is 52.3 Å². The Morgan fingerprint density at radius 1 is 1.24 bits per heavy atom. The number of H-pyrrole nitrogens is 1. The third-order valence-electron chi connectivity index (χ3n) is 3.09. The zero-order chi connectivity index (χ0) is 15.2. The second-order valence-electron chi connectivity index (χ2n) is 5.49. The van der Waals surface area contributed by atoms with Crippen molar-refractivity contribution in [1.82, 2.24) is 10.3 Å². The molecule has 112 valence electrons. The van der Waals surface area contributed by atoms with Gasteiger partial charge in [-0.1, -0.05) is 32.0 Å². The van der Waals surface area contributed by atoms with Gasteiger partial charge < -0.3 is 15.0 Å². The summed E-state index contributed by atoms with van der Waals surface area (Å²) in [7, 11) is 1.82. The van der Waals surface area contributed by atoms with Crippen molar-refractivity contribution in [3.8, 4) is 17.0 Å². The number of nitrogens with one attached hydrogen (secondary N) is 2. The van der Waals surface area contributed by atoms with E-state index in [1.165, 1.54) is 0 Å². The molecule has 21 heavy (non-hydrogen) atoms. The van der Waals surface area contributed by atoms with Crippen LogP contribution in [0, 0.1) is 5.92 Å². The van der Waals surface area contributed by atoms with Crippen LogP contribution >= 0.6 is 0 Å². The van der Waals surface area contributed by atoms with Gasteiger partial charge in [0, 0.05) is 23.4 Å². The van der Waals surface area contributed by atoms with E-state index in [4.69, 9.17) is 4.74 Å². The topological polar surface area (TPSA) is 54.1 Å². The fourth-order valence-electron chi connectivity index (χ4n) is 2.02. The van der Waals surface area contributed by atoms with Gasteiger partial charge in [0.25, 0.3) is 5.56 Å². The summed E-state index contributed by atoms with van der Waals surface area (Å²) in [5.41, 5.74) is 2.42. The fraction of sp³-hybridized carbons (Fsp3) is 0.353. The summed E-state index contributed by atoms with van der Waals surface area (Å²) in [5, 5.41) is 2.98. The van der Waals surface area contributed by atoms with Crippen LogP contribution in [0.3, 0.4) is 0 Å². The van der Waals surface area contributed by atoms with Crippen LogP contribution in [0.4, 0.5) is 0 Å². The number of hydrogen-bond donors (Lipinski definition) is 2. The summed E-state index contributed by atoms with van der Waals surface area (Å²) >= 11 is 0. The van der Waals surface area contributed by atoms with Gasteiger partial charge in [0.1, 0.15) is 5.75 Å². The molecule has 2 N–H and O–H groups in total. The maximum Gasteiger partial charge on any atom is 0.252 e. The standard InChI is InChI=1S/C17H22N2O2/c1-12(2)11-21-15-6-4-5-13(9-15)16-8-7-14(10-18-3)17(20)19-16/h4-9,12,18H,10-11H2,1-3H3,(H,19,20). The molecule has 1 aromatic carbocycles. The molecular weight excluding hydrogens is 264 g/mol. The molecule has 0 aliphatic carbocycles. The number of aromatic nitrogens is 1. The summed E-state index contributed by atoms with van der Waals surface area (Å²) in [5.74, 6) is 1.30. The minimum atomic E-state index is -0.0599. The molecule has 0 atom stereocenters. The van der Waals surface area contributed by atoms with E-state index in [0.717, 1.165) is 22.6 Å². The smallest absolute Gasteiger partial charge is 0.252 e. The molecule has 0 saturated heterocycles. The Morgan fingerprint density at radius 3 is 2.71 bits per heavy atom. The molecule has 0 aliphatic heterocycles. The third-order valence-corrected chi connectivity index (χ3v) is 3.09. The summed E-state index contributed by atoms with van der Waals surface area (Å²) in [6.07, 6.45) is 0. The number of aromatic amines is 1. The van der Waals surface area contributed by atoms with E-state index >= 15 is 0 Å². The minimum absolute atomic E-state index is 0.0599. The third kappa shape index (κ3) is 4.20. The zero-order valence-corrected chi connectivity index (χ0v) is 12.8. The van der Waals surface area contributed by atoms with Gasteiger partial charge in [0.05, 0.1) is 6.61 Å². The van der Waals surface area contributed by atoms with Crippen molar-refractivity contribution < 1.29 is 4.74 Å². The molecule has 4 heteroatoms. The van der Waals surface area contributed by atoms with E-state index in [-0.39, 0.29) is 5.56 Å². The lowest BCUT2D eigenvalue weighted by Gasteiger charge is -2.10. The summed E-state index contributed by atoms with van der Waals surface area (Å²) < 4.78 is 5.72. The molecule has 0 fully saturated rings. The molecule has 0 saturated carbocycles. The van der Waals surface area contributed by atoms with Crippen molar-refractivity contribution in [2.75, 3.05) is 13.7 Å². The highest BCUT2D eigenvalue weighted by Gasteiger charge is 2.04. The first-order chi connectivity index (χ1) is 10.1. The Labute approximate surface area is 125 Å². The molecule has 0 radical (unpaired) electrons. The first kappa shape index (κ1) is 15.3. The molecule has 0 unspecified atom stereocenters. The van der Waals surface area contributed by atoms with Crippen molar-refractivity contribution in [3.63, 3.8) is 0 Å². The molecule has 0 bridgehead atoms. The van der Waals surface area contributed by atoms with Crippen molar-refractivity contribution in [2.24, 2.45) is 5.92 Å². The second kappa shape index (κ2) is 7.09. The lowest BCUT2D eigenvalue weighted by molar-refractivity contribution is 0.271. The second-order valence-corrected chi connectivity index (χ2v) is 5.49. The number of ether oxygens (including phenoxy) is 1. The van der Waals surface area contributed by atoms with Gasteiger partial charge in [0.15, 0.2) is 0 Å². The number of hydrogen-bond acceptors (Lipinski definition) is 3. The van der Waals surface area contributed by atoms with E-state index in [2.05, 4.69) is 24.1 Å². The van der Waals surface area contributed by atoms with Gasteiger partial charge in [-0.05, 0) is 31.2 Å². The van der Waals surface area contributed by atoms with E-state index in [1.54, 1.807) is 0 Å². The van der Waals surface area contributed by atoms with Gasteiger partial charge in [-0.25, -0.2) is 0 Å². The predicted molar refractivity (Wildman–Crippen MR) is 85.6 cm³/mol. The minimum Gasteiger partial charge on any atom is -0.493 e. The summed E-state index contributed by atoms with van der Waals surface area (Å²) in [6, 6.07) is 11.6. The Balaban J connectivity index is 2.23. The Morgan fingerprint density at radius 2 is 2.05 bits per heavy atom. The first-order valence-electron chi connectivity index (χ1n) is 7.20. The fourth-order valence-corrected chi connectivity index (χ4v) is 2.02. The van der Waals surface area contributed by atoms with Crippen molar-refractivity contribution in [2.45, 2.75) is 20.4 Å². The molecule has 1 heterocycles. The lowest BCUT2D eigenvalue weighted by atomic mass is 10.1. The summed E-state index contributed by atoms with van der Waals surface area (Å²) in [4.78, 5) is 14.9. The molecule has 1 aromatic heterocycles. The van der Waals surface area contributed by atoms with Crippen molar-refractivity contribution in [1.29, 1.82) is 0 Å². The molecule has 0 spiro atoms. The van der Waals surface area contributed by atoms with E-state index in [9.17, 15) is 4.79 Å². The largest absolute Gasteiger partial charge is 0.493 e. The highest BCUT2D eigenvalue weighted by Crippen LogP contribution is 2.22. The van der Waals surface area contributed by atoms with Crippen LogP contribution in [0.15, 0.2) is 41.2 Å². The monoisotopic (exact) mass is 286 g/mol. The van der Waals surface area contributed by atoms with Crippen LogP contribution in [0.2, 0.25) is 0 Å². The van der Waals surface area contributed by atoms with Gasteiger partial charge in [-0.2, -0.15) is 0 Å². The highest BCUT2D eigenvalue weighted by molar-refractivity contribution is 5.61. The molecule has 4 nitrogen and oxygen atoms in total. The van der Waals surface area contributed by atoms with Gasteiger partial charge in [-0.15, -0.1) is 0 Å². The Bertz CT molecular complexity index is 647. The van der Waals surface area contributed by atoms with Gasteiger partial charge in [-0.3, -0.25) is 4.79 Å². The molecule has 2 aromatic rings. The average molecular weight is 286 g/mol. The highest BCUT2D eigenvalue weighted by atomic mass is 16.5. The normalized spacial score (nSPS) is 10.9. The zero-order valence-electron chi connectivity index (χ0n) is 12.8. The van der Waals surface area contributed by atoms with E-state index < -0.39 is 0 Å².